The Kier molecular flexibility index (Phi) is 6.51. The van der Waals surface area contributed by atoms with Crippen LogP contribution in [0.15, 0.2) is 74.8 Å². The van der Waals surface area contributed by atoms with Gasteiger partial charge in [-0.25, -0.2) is 8.42 Å². The fourth-order valence-corrected chi connectivity index (χ4v) is 4.49. The van der Waals surface area contributed by atoms with Gasteiger partial charge in [-0.1, -0.05) is 54.1 Å². The molecule has 0 aliphatic heterocycles. The van der Waals surface area contributed by atoms with Crippen LogP contribution < -0.4 is 10.2 Å². The Balaban J connectivity index is 1.77. The smallest absolute Gasteiger partial charge is 0.227 e. The number of hydrogen-bond donors (Lipinski definition) is 0. The number of sulfone groups is 1. The Morgan fingerprint density at radius 3 is 2.41 bits per heavy atom. The van der Waals surface area contributed by atoms with Crippen molar-refractivity contribution in [2.45, 2.75) is 17.9 Å². The molecule has 0 atom stereocenters. The zero-order valence-corrected chi connectivity index (χ0v) is 16.8. The van der Waals surface area contributed by atoms with Crippen molar-refractivity contribution in [1.29, 1.82) is 0 Å². The van der Waals surface area contributed by atoms with Crippen LogP contribution in [-0.4, -0.2) is 20.5 Å². The number of halogens is 1. The number of aryl methyl sites for hydroxylation is 1. The lowest BCUT2D eigenvalue weighted by molar-refractivity contribution is 0.108. The van der Waals surface area contributed by atoms with Gasteiger partial charge in [0.25, 0.3) is 0 Å². The minimum absolute atomic E-state index is 0.00226. The van der Waals surface area contributed by atoms with Crippen molar-refractivity contribution >= 4 is 27.7 Å². The fraction of sp³-hybridized carbons (Fsp3) is 0.143. The van der Waals surface area contributed by atoms with Gasteiger partial charge in [-0.15, -0.1) is 0 Å². The van der Waals surface area contributed by atoms with Crippen molar-refractivity contribution in [2.24, 2.45) is 0 Å². The quantitative estimate of drug-likeness (QED) is 0.504. The first-order valence-corrected chi connectivity index (χ1v) is 10.7. The van der Waals surface area contributed by atoms with Crippen molar-refractivity contribution in [3.8, 4) is 5.75 Å². The number of carbonyl (C=O) groups excluding carboxylic acids is 1. The zero-order valence-electron chi connectivity index (χ0n) is 15.2. The summed E-state index contributed by atoms with van der Waals surface area (Å²) in [7, 11) is -3.69. The summed E-state index contributed by atoms with van der Waals surface area (Å²) in [5, 5.41) is 0.118. The van der Waals surface area contributed by atoms with Gasteiger partial charge >= 0.3 is 0 Å². The first kappa shape index (κ1) is 20.8. The third-order valence-electron chi connectivity index (χ3n) is 4.10. The summed E-state index contributed by atoms with van der Waals surface area (Å²) in [5.41, 5.74) is 0.262. The topological polar surface area (TPSA) is 90.6 Å². The Hall–Kier alpha value is -2.90. The van der Waals surface area contributed by atoms with E-state index in [2.05, 4.69) is 0 Å². The van der Waals surface area contributed by atoms with E-state index in [1.165, 1.54) is 12.1 Å². The molecule has 2 aromatic carbocycles. The normalized spacial score (nSPS) is 11.2. The van der Waals surface area contributed by atoms with Gasteiger partial charge < -0.3 is 9.15 Å². The molecule has 0 saturated carbocycles. The predicted molar refractivity (Wildman–Crippen MR) is 108 cm³/mol. The van der Waals surface area contributed by atoms with E-state index in [9.17, 15) is 18.0 Å². The summed E-state index contributed by atoms with van der Waals surface area (Å²) in [6.45, 7) is 0.0900. The molecule has 0 fully saturated rings. The van der Waals surface area contributed by atoms with Crippen LogP contribution in [0, 0.1) is 0 Å². The van der Waals surface area contributed by atoms with Gasteiger partial charge in [0, 0.05) is 12.5 Å². The summed E-state index contributed by atoms with van der Waals surface area (Å²) >= 11 is 5.95. The second-order valence-electron chi connectivity index (χ2n) is 6.16. The van der Waals surface area contributed by atoms with Crippen LogP contribution in [0.5, 0.6) is 5.75 Å². The maximum atomic E-state index is 12.5. The molecule has 0 unspecified atom stereocenters. The molecule has 0 saturated heterocycles. The molecule has 0 amide bonds. The van der Waals surface area contributed by atoms with E-state index in [0.29, 0.717) is 6.29 Å². The molecule has 29 heavy (non-hydrogen) atoms. The van der Waals surface area contributed by atoms with E-state index in [0.717, 1.165) is 11.6 Å². The Labute approximate surface area is 172 Å². The zero-order chi connectivity index (χ0) is 20.9. The van der Waals surface area contributed by atoms with Crippen molar-refractivity contribution in [3.63, 3.8) is 0 Å². The van der Waals surface area contributed by atoms with Crippen LogP contribution in [-0.2, 0) is 22.9 Å². The van der Waals surface area contributed by atoms with Crippen LogP contribution in [0.2, 0.25) is 5.02 Å². The van der Waals surface area contributed by atoms with E-state index in [-0.39, 0.29) is 46.0 Å². The van der Waals surface area contributed by atoms with Crippen LogP contribution in [0.4, 0.5) is 0 Å². The maximum absolute atomic E-state index is 12.5. The van der Waals surface area contributed by atoms with Gasteiger partial charge in [0.1, 0.15) is 12.4 Å². The number of rotatable bonds is 8. The van der Waals surface area contributed by atoms with Crippen molar-refractivity contribution in [3.05, 3.63) is 93.0 Å². The fourth-order valence-electron chi connectivity index (χ4n) is 2.66. The van der Waals surface area contributed by atoms with Crippen LogP contribution in [0.3, 0.4) is 0 Å². The minimum Gasteiger partial charge on any atom is -0.481 e. The molecule has 3 rings (SSSR count). The SMILES string of the molecule is O=Cc1oc(CCS(=O)(=O)c2ccccc2Cl)cc(=O)c1OCc1ccccc1. The monoisotopic (exact) mass is 432 g/mol. The molecule has 3 aromatic rings. The third kappa shape index (κ3) is 5.13. The summed E-state index contributed by atoms with van der Waals surface area (Å²) < 4.78 is 35.8. The number of hydrogen-bond acceptors (Lipinski definition) is 6. The Morgan fingerprint density at radius 1 is 1.03 bits per heavy atom. The van der Waals surface area contributed by atoms with Gasteiger partial charge in [-0.2, -0.15) is 0 Å². The van der Waals surface area contributed by atoms with Gasteiger partial charge in [0.05, 0.1) is 15.7 Å². The average Bonchev–Trinajstić information content (AvgIpc) is 2.72. The van der Waals surface area contributed by atoms with E-state index < -0.39 is 15.3 Å². The molecule has 150 valence electrons. The largest absolute Gasteiger partial charge is 0.481 e. The summed E-state index contributed by atoms with van der Waals surface area (Å²) in [6.07, 6.45) is 0.274. The number of ether oxygens (including phenoxy) is 1. The number of carbonyl (C=O) groups is 1. The summed E-state index contributed by atoms with van der Waals surface area (Å²) in [4.78, 5) is 23.7. The maximum Gasteiger partial charge on any atom is 0.227 e. The molecule has 0 bridgehead atoms. The molecule has 6 nitrogen and oxygen atoms in total. The Morgan fingerprint density at radius 2 is 1.72 bits per heavy atom. The molecule has 0 aliphatic rings. The highest BCUT2D eigenvalue weighted by Crippen LogP contribution is 2.23. The molecule has 1 heterocycles. The van der Waals surface area contributed by atoms with E-state index >= 15 is 0 Å². The Bertz CT molecular complexity index is 1170. The average molecular weight is 433 g/mol. The van der Waals surface area contributed by atoms with E-state index in [1.54, 1.807) is 12.1 Å². The molecule has 1 aromatic heterocycles. The highest BCUT2D eigenvalue weighted by molar-refractivity contribution is 7.91. The van der Waals surface area contributed by atoms with Gasteiger partial charge in [0.2, 0.25) is 16.9 Å². The molecule has 0 spiro atoms. The first-order chi connectivity index (χ1) is 13.9. The van der Waals surface area contributed by atoms with E-state index in [1.807, 2.05) is 30.3 Å². The lowest BCUT2D eigenvalue weighted by Gasteiger charge is -2.09. The third-order valence-corrected chi connectivity index (χ3v) is 6.31. The van der Waals surface area contributed by atoms with Gasteiger partial charge in [-0.05, 0) is 17.7 Å². The van der Waals surface area contributed by atoms with Crippen LogP contribution in [0.25, 0.3) is 0 Å². The second-order valence-corrected chi connectivity index (χ2v) is 8.65. The number of aldehydes is 1. The summed E-state index contributed by atoms with van der Waals surface area (Å²) in [6, 6.07) is 16.4. The molecular weight excluding hydrogens is 416 g/mol. The molecule has 0 radical (unpaired) electrons. The van der Waals surface area contributed by atoms with Crippen molar-refractivity contribution < 1.29 is 22.4 Å². The standard InChI is InChI=1S/C21H17ClO6S/c22-17-8-4-5-9-20(17)29(25,26)11-10-16-12-18(24)21(19(13-23)28-16)27-14-15-6-2-1-3-7-15/h1-9,12-13H,10-11,14H2. The molecular formula is C21H17ClO6S. The molecule has 0 N–H and O–H groups in total. The van der Waals surface area contributed by atoms with Crippen molar-refractivity contribution in [2.75, 3.05) is 5.75 Å². The van der Waals surface area contributed by atoms with E-state index in [4.69, 9.17) is 20.8 Å². The van der Waals surface area contributed by atoms with Gasteiger partial charge in [-0.3, -0.25) is 9.59 Å². The molecule has 8 heteroatoms. The highest BCUT2D eigenvalue weighted by atomic mass is 35.5. The van der Waals surface area contributed by atoms with Crippen LogP contribution in [0.1, 0.15) is 21.9 Å². The minimum atomic E-state index is -3.69. The van der Waals surface area contributed by atoms with Gasteiger partial charge in [0.15, 0.2) is 16.1 Å². The molecule has 0 aliphatic carbocycles. The van der Waals surface area contributed by atoms with Crippen molar-refractivity contribution in [1.82, 2.24) is 0 Å². The second kappa shape index (κ2) is 9.07. The lowest BCUT2D eigenvalue weighted by Crippen LogP contribution is -2.14. The van der Waals surface area contributed by atoms with Crippen LogP contribution >= 0.6 is 11.6 Å². The predicted octanol–water partition coefficient (Wildman–Crippen LogP) is 3.70. The first-order valence-electron chi connectivity index (χ1n) is 8.67. The summed E-state index contributed by atoms with van der Waals surface area (Å²) in [5.74, 6) is -0.748. The highest BCUT2D eigenvalue weighted by Gasteiger charge is 2.20. The lowest BCUT2D eigenvalue weighted by atomic mass is 10.2. The number of benzene rings is 2.